The molecule has 0 aliphatic rings. The molecule has 0 spiro atoms. The minimum Gasteiger partial charge on any atom is -0.493 e. The van der Waals surface area contributed by atoms with Crippen molar-refractivity contribution in [2.75, 3.05) is 6.61 Å². The first-order valence-electron chi connectivity index (χ1n) is 5.69. The van der Waals surface area contributed by atoms with E-state index >= 15 is 0 Å². The maximum absolute atomic E-state index is 5.77. The van der Waals surface area contributed by atoms with Gasteiger partial charge in [0.25, 0.3) is 0 Å². The van der Waals surface area contributed by atoms with Gasteiger partial charge in [0.2, 0.25) is 0 Å². The van der Waals surface area contributed by atoms with E-state index in [9.17, 15) is 0 Å². The zero-order chi connectivity index (χ0) is 11.3. The lowest BCUT2D eigenvalue weighted by Crippen LogP contribution is -2.13. The summed E-state index contributed by atoms with van der Waals surface area (Å²) in [6, 6.07) is 9.07. The highest BCUT2D eigenvalue weighted by Gasteiger charge is 2.17. The fraction of sp³-hybridized carbons (Fsp3) is 0.571. The van der Waals surface area contributed by atoms with E-state index in [1.54, 1.807) is 0 Å². The summed E-state index contributed by atoms with van der Waals surface area (Å²) in [4.78, 5) is 0. The van der Waals surface area contributed by atoms with Gasteiger partial charge in [0, 0.05) is 0 Å². The molecule has 1 rings (SSSR count). The van der Waals surface area contributed by atoms with Gasteiger partial charge in [-0.15, -0.1) is 0 Å². The molecule has 0 unspecified atom stereocenters. The fourth-order valence-corrected chi connectivity index (χ4v) is 1.48. The molecule has 15 heavy (non-hydrogen) atoms. The van der Waals surface area contributed by atoms with Crippen LogP contribution in [0.5, 0.6) is 5.75 Å². The molecule has 0 N–H and O–H groups in total. The van der Waals surface area contributed by atoms with Gasteiger partial charge in [-0.25, -0.2) is 0 Å². The summed E-state index contributed by atoms with van der Waals surface area (Å²) >= 11 is 0. The molecule has 1 heteroatoms. The summed E-state index contributed by atoms with van der Waals surface area (Å²) in [5.74, 6) is 0.985. The van der Waals surface area contributed by atoms with Gasteiger partial charge < -0.3 is 4.74 Å². The molecule has 0 saturated carbocycles. The molecule has 0 atom stereocenters. The van der Waals surface area contributed by atoms with Crippen LogP contribution in [0.3, 0.4) is 0 Å². The fourth-order valence-electron chi connectivity index (χ4n) is 1.48. The summed E-state index contributed by atoms with van der Waals surface area (Å²) in [6.45, 7) is 9.58. The van der Waals surface area contributed by atoms with Gasteiger partial charge in [-0.05, 0) is 29.5 Å². The first-order valence-corrected chi connectivity index (χ1v) is 5.69. The molecule has 0 amide bonds. The van der Waals surface area contributed by atoms with Crippen LogP contribution in [0, 0.1) is 6.07 Å². The van der Waals surface area contributed by atoms with Crippen molar-refractivity contribution in [3.8, 4) is 5.75 Å². The molecule has 1 aromatic rings. The summed E-state index contributed by atoms with van der Waals surface area (Å²) in [6.07, 6.45) is 2.28. The van der Waals surface area contributed by atoms with Gasteiger partial charge in [-0.2, -0.15) is 0 Å². The first kappa shape index (κ1) is 12.1. The van der Waals surface area contributed by atoms with E-state index < -0.39 is 0 Å². The topological polar surface area (TPSA) is 9.23 Å². The third-order valence-electron chi connectivity index (χ3n) is 2.39. The number of benzene rings is 1. The predicted octanol–water partition coefficient (Wildman–Crippen LogP) is 3.96. The van der Waals surface area contributed by atoms with Crippen molar-refractivity contribution < 1.29 is 4.74 Å². The molecule has 0 aliphatic carbocycles. The molecule has 1 aromatic carbocycles. The Balaban J connectivity index is 2.78. The maximum Gasteiger partial charge on any atom is 0.123 e. The van der Waals surface area contributed by atoms with E-state index in [0.717, 1.165) is 18.8 Å². The Morgan fingerprint density at radius 1 is 1.33 bits per heavy atom. The molecule has 0 heterocycles. The summed E-state index contributed by atoms with van der Waals surface area (Å²) in [5.41, 5.74) is 1.40. The van der Waals surface area contributed by atoms with Crippen LogP contribution >= 0.6 is 0 Å². The van der Waals surface area contributed by atoms with Gasteiger partial charge in [0.1, 0.15) is 5.75 Å². The molecule has 1 nitrogen and oxygen atoms in total. The minimum absolute atomic E-state index is 0.136. The Kier molecular flexibility index (Phi) is 4.19. The molecule has 0 aromatic heterocycles. The van der Waals surface area contributed by atoms with Crippen molar-refractivity contribution in [2.45, 2.75) is 46.0 Å². The maximum atomic E-state index is 5.77. The predicted molar refractivity (Wildman–Crippen MR) is 64.4 cm³/mol. The smallest absolute Gasteiger partial charge is 0.123 e. The minimum atomic E-state index is 0.136. The Morgan fingerprint density at radius 2 is 2.07 bits per heavy atom. The van der Waals surface area contributed by atoms with Gasteiger partial charge in [0.15, 0.2) is 0 Å². The largest absolute Gasteiger partial charge is 0.493 e. The molecule has 0 saturated heterocycles. The van der Waals surface area contributed by atoms with E-state index in [0.29, 0.717) is 0 Å². The number of hydrogen-bond acceptors (Lipinski definition) is 1. The van der Waals surface area contributed by atoms with E-state index in [1.807, 2.05) is 12.1 Å². The number of hydrogen-bond donors (Lipinski definition) is 0. The first-order chi connectivity index (χ1) is 7.05. The Bertz CT molecular complexity index is 296. The highest BCUT2D eigenvalue weighted by atomic mass is 16.5. The molecule has 83 valence electrons. The second-order valence-electron chi connectivity index (χ2n) is 4.87. The van der Waals surface area contributed by atoms with Crippen LogP contribution in [0.1, 0.15) is 46.1 Å². The molecule has 0 aliphatic heterocycles. The third-order valence-corrected chi connectivity index (χ3v) is 2.39. The summed E-state index contributed by atoms with van der Waals surface area (Å²) < 4.78 is 5.77. The van der Waals surface area contributed by atoms with Crippen LogP contribution in [0.15, 0.2) is 18.2 Å². The summed E-state index contributed by atoms with van der Waals surface area (Å²) in [5, 5.41) is 0. The van der Waals surface area contributed by atoms with Crippen molar-refractivity contribution >= 4 is 0 Å². The highest BCUT2D eigenvalue weighted by Crippen LogP contribution is 2.30. The van der Waals surface area contributed by atoms with E-state index in [1.165, 1.54) is 12.0 Å². The number of rotatable bonds is 4. The van der Waals surface area contributed by atoms with Gasteiger partial charge in [-0.1, -0.05) is 46.2 Å². The van der Waals surface area contributed by atoms with Crippen molar-refractivity contribution in [1.82, 2.24) is 0 Å². The molecule has 0 fully saturated rings. The van der Waals surface area contributed by atoms with E-state index in [4.69, 9.17) is 4.74 Å². The van der Waals surface area contributed by atoms with Crippen LogP contribution in [0.4, 0.5) is 0 Å². The second kappa shape index (κ2) is 5.20. The molecule has 1 radical (unpaired) electrons. The molecular formula is C14H21O. The Morgan fingerprint density at radius 3 is 2.67 bits per heavy atom. The van der Waals surface area contributed by atoms with Crippen LogP contribution in [-0.4, -0.2) is 6.61 Å². The van der Waals surface area contributed by atoms with Crippen LogP contribution in [-0.2, 0) is 5.41 Å². The van der Waals surface area contributed by atoms with Crippen molar-refractivity contribution in [3.63, 3.8) is 0 Å². The second-order valence-corrected chi connectivity index (χ2v) is 4.87. The van der Waals surface area contributed by atoms with E-state index in [2.05, 4.69) is 39.8 Å². The lowest BCUT2D eigenvalue weighted by molar-refractivity contribution is 0.301. The van der Waals surface area contributed by atoms with Crippen molar-refractivity contribution in [3.05, 3.63) is 29.8 Å². The van der Waals surface area contributed by atoms with Gasteiger partial charge >= 0.3 is 0 Å². The summed E-state index contributed by atoms with van der Waals surface area (Å²) in [7, 11) is 0. The van der Waals surface area contributed by atoms with E-state index in [-0.39, 0.29) is 5.41 Å². The van der Waals surface area contributed by atoms with Crippen molar-refractivity contribution in [2.24, 2.45) is 0 Å². The SMILES string of the molecule is CCCCOc1c[c]ccc1C(C)(C)C. The third kappa shape index (κ3) is 3.58. The molecular weight excluding hydrogens is 184 g/mol. The monoisotopic (exact) mass is 205 g/mol. The Hall–Kier alpha value is -0.980. The lowest BCUT2D eigenvalue weighted by atomic mass is 9.86. The quantitative estimate of drug-likeness (QED) is 0.676. The van der Waals surface area contributed by atoms with Crippen LogP contribution in [0.2, 0.25) is 0 Å². The average molecular weight is 205 g/mol. The normalized spacial score (nSPS) is 11.5. The number of ether oxygens (including phenoxy) is 1. The van der Waals surface area contributed by atoms with Gasteiger partial charge in [0.05, 0.1) is 6.61 Å². The zero-order valence-corrected chi connectivity index (χ0v) is 10.3. The standard InChI is InChI=1S/C14H21O/c1-5-6-11-15-13-10-8-7-9-12(13)14(2,3)4/h7,9-10H,5-6,11H2,1-4H3. The van der Waals surface area contributed by atoms with Crippen LogP contribution in [0.25, 0.3) is 0 Å². The average Bonchev–Trinajstić information content (AvgIpc) is 2.17. The van der Waals surface area contributed by atoms with Crippen molar-refractivity contribution in [1.29, 1.82) is 0 Å². The van der Waals surface area contributed by atoms with Crippen LogP contribution < -0.4 is 4.74 Å². The lowest BCUT2D eigenvalue weighted by Gasteiger charge is -2.22. The van der Waals surface area contributed by atoms with Gasteiger partial charge in [-0.3, -0.25) is 0 Å². The highest BCUT2D eigenvalue weighted by molar-refractivity contribution is 5.37. The zero-order valence-electron chi connectivity index (χ0n) is 10.3. The Labute approximate surface area is 93.5 Å². The molecule has 0 bridgehead atoms. The number of unbranched alkanes of at least 4 members (excludes halogenated alkanes) is 1.